The molecule has 0 N–H and O–H groups in total. The van der Waals surface area contributed by atoms with Gasteiger partial charge in [0.1, 0.15) is 0 Å². The van der Waals surface area contributed by atoms with Gasteiger partial charge in [-0.3, -0.25) is 0 Å². The Morgan fingerprint density at radius 3 is 1.88 bits per heavy atom. The van der Waals surface area contributed by atoms with Gasteiger partial charge in [0.15, 0.2) is 0 Å². The van der Waals surface area contributed by atoms with E-state index in [1.807, 2.05) is 0 Å². The SMILES string of the molecule is C[C]1([SbH2])CCCCC1. The zero-order valence-corrected chi connectivity index (χ0v) is 8.91. The summed E-state index contributed by atoms with van der Waals surface area (Å²) in [7, 11) is 0. The van der Waals surface area contributed by atoms with Gasteiger partial charge >= 0.3 is 65.4 Å². The van der Waals surface area contributed by atoms with Crippen LogP contribution in [0.15, 0.2) is 0 Å². The Labute approximate surface area is 65.5 Å². The first-order valence-electron chi connectivity index (χ1n) is 3.50. The molecule has 1 aliphatic carbocycles. The molecule has 0 aromatic rings. The van der Waals surface area contributed by atoms with Gasteiger partial charge in [0, 0.05) is 0 Å². The summed E-state index contributed by atoms with van der Waals surface area (Å²) in [4.78, 5) is 0. The first-order valence-corrected chi connectivity index (χ1v) is 5.14. The molecule has 0 saturated heterocycles. The monoisotopic (exact) mass is 220 g/mol. The van der Waals surface area contributed by atoms with Gasteiger partial charge in [-0.15, -0.1) is 0 Å². The summed E-state index contributed by atoms with van der Waals surface area (Å²) in [5.74, 6) is 0. The van der Waals surface area contributed by atoms with Crippen LogP contribution in [0.3, 0.4) is 0 Å². The first-order chi connectivity index (χ1) is 3.71. The van der Waals surface area contributed by atoms with Crippen LogP contribution in [-0.2, 0) is 0 Å². The minimum atomic E-state index is 0.809. The Morgan fingerprint density at radius 2 is 1.62 bits per heavy atom. The average Bonchev–Trinajstić information content (AvgIpc) is 1.65. The van der Waals surface area contributed by atoms with Crippen LogP contribution in [0, 0.1) is 0 Å². The van der Waals surface area contributed by atoms with Gasteiger partial charge in [-0.2, -0.15) is 0 Å². The number of hydrogen-bond donors (Lipinski definition) is 0. The van der Waals surface area contributed by atoms with E-state index in [0.29, 0.717) is 0 Å². The topological polar surface area (TPSA) is 0 Å². The van der Waals surface area contributed by atoms with Crippen LogP contribution in [0.5, 0.6) is 0 Å². The summed E-state index contributed by atoms with van der Waals surface area (Å²) in [5, 5.41) is 0. The summed E-state index contributed by atoms with van der Waals surface area (Å²) < 4.78 is 0.809. The van der Waals surface area contributed by atoms with E-state index in [1.165, 1.54) is 55.1 Å². The minimum absolute atomic E-state index is 0.809. The Balaban J connectivity index is 2.33. The molecular formula is C7H15Sb. The van der Waals surface area contributed by atoms with Crippen LogP contribution < -0.4 is 0 Å². The molecule has 0 unspecified atom stereocenters. The summed E-state index contributed by atoms with van der Waals surface area (Å²) in [5.41, 5.74) is 0. The maximum atomic E-state index is 2.44. The van der Waals surface area contributed by atoms with Gasteiger partial charge < -0.3 is 0 Å². The van der Waals surface area contributed by atoms with E-state index < -0.39 is 0 Å². The Bertz CT molecular complexity index is 68.5. The van der Waals surface area contributed by atoms with Crippen molar-refractivity contribution in [3.05, 3.63) is 0 Å². The van der Waals surface area contributed by atoms with Crippen molar-refractivity contribution in [3.63, 3.8) is 0 Å². The van der Waals surface area contributed by atoms with Crippen molar-refractivity contribution in [3.8, 4) is 0 Å². The van der Waals surface area contributed by atoms with Crippen LogP contribution >= 0.6 is 0 Å². The van der Waals surface area contributed by atoms with Crippen molar-refractivity contribution in [1.82, 2.24) is 0 Å². The van der Waals surface area contributed by atoms with Gasteiger partial charge in [0.05, 0.1) is 0 Å². The molecule has 1 saturated carbocycles. The van der Waals surface area contributed by atoms with Crippen LogP contribution in [0.25, 0.3) is 0 Å². The van der Waals surface area contributed by atoms with Crippen molar-refractivity contribution in [2.75, 3.05) is 0 Å². The third kappa shape index (κ3) is 1.97. The van der Waals surface area contributed by atoms with E-state index in [-0.39, 0.29) is 0 Å². The van der Waals surface area contributed by atoms with Gasteiger partial charge in [-0.05, 0) is 0 Å². The van der Waals surface area contributed by atoms with Crippen LogP contribution in [0.4, 0.5) is 0 Å². The predicted molar refractivity (Wildman–Crippen MR) is 40.0 cm³/mol. The standard InChI is InChI=1S/C7H13.Sb.2H/c1-7-5-3-2-4-6-7;;;/h2-6H2,1H3;;;. The molecule has 0 spiro atoms. The Hall–Kier alpha value is 0.818. The zero-order valence-electron chi connectivity index (χ0n) is 5.61. The van der Waals surface area contributed by atoms with E-state index in [0.717, 1.165) is 3.36 Å². The van der Waals surface area contributed by atoms with Gasteiger partial charge in [0.25, 0.3) is 0 Å². The zero-order chi connectivity index (χ0) is 6.04. The van der Waals surface area contributed by atoms with E-state index in [2.05, 4.69) is 6.92 Å². The second-order valence-corrected chi connectivity index (χ2v) is 7.19. The van der Waals surface area contributed by atoms with Crippen molar-refractivity contribution in [2.24, 2.45) is 0 Å². The molecule has 0 aromatic heterocycles. The fraction of sp³-hybridized carbons (Fsp3) is 1.00. The van der Waals surface area contributed by atoms with Crippen molar-refractivity contribution in [1.29, 1.82) is 0 Å². The van der Waals surface area contributed by atoms with Crippen molar-refractivity contribution in [2.45, 2.75) is 42.4 Å². The fourth-order valence-electron chi connectivity index (χ4n) is 1.36. The molecule has 0 aliphatic heterocycles. The maximum absolute atomic E-state index is 2.44. The van der Waals surface area contributed by atoms with Crippen molar-refractivity contribution >= 4 is 23.0 Å². The van der Waals surface area contributed by atoms with Crippen LogP contribution in [0.1, 0.15) is 39.0 Å². The molecule has 1 aliphatic rings. The van der Waals surface area contributed by atoms with Crippen molar-refractivity contribution < 1.29 is 0 Å². The molecule has 0 bridgehead atoms. The number of hydrogen-bond acceptors (Lipinski definition) is 0. The quantitative estimate of drug-likeness (QED) is 0.546. The molecule has 0 aromatic carbocycles. The van der Waals surface area contributed by atoms with Gasteiger partial charge in [-0.25, -0.2) is 0 Å². The predicted octanol–water partition coefficient (Wildman–Crippen LogP) is 1.76. The molecular weight excluding hydrogens is 206 g/mol. The summed E-state index contributed by atoms with van der Waals surface area (Å²) in [6, 6.07) is 0. The molecule has 0 heterocycles. The third-order valence-electron chi connectivity index (χ3n) is 2.00. The van der Waals surface area contributed by atoms with E-state index >= 15 is 0 Å². The molecule has 0 amide bonds. The summed E-state index contributed by atoms with van der Waals surface area (Å²) >= 11 is 1.47. The molecule has 0 nitrogen and oxygen atoms in total. The first kappa shape index (κ1) is 6.93. The fourth-order valence-corrected chi connectivity index (χ4v) is 2.52. The Morgan fingerprint density at radius 1 is 1.12 bits per heavy atom. The molecule has 0 radical (unpaired) electrons. The van der Waals surface area contributed by atoms with E-state index in [1.54, 1.807) is 0 Å². The van der Waals surface area contributed by atoms with Gasteiger partial charge in [0.2, 0.25) is 0 Å². The second kappa shape index (κ2) is 2.60. The summed E-state index contributed by atoms with van der Waals surface area (Å²) in [6.07, 6.45) is 7.51. The van der Waals surface area contributed by atoms with Crippen LogP contribution in [0.2, 0.25) is 3.36 Å². The average molecular weight is 221 g/mol. The van der Waals surface area contributed by atoms with Crippen LogP contribution in [-0.4, -0.2) is 23.0 Å². The second-order valence-electron chi connectivity index (χ2n) is 3.21. The molecule has 48 valence electrons. The molecule has 1 heteroatoms. The van der Waals surface area contributed by atoms with E-state index in [4.69, 9.17) is 0 Å². The molecule has 0 atom stereocenters. The normalized spacial score (nSPS) is 27.8. The third-order valence-corrected chi connectivity index (χ3v) is 3.64. The van der Waals surface area contributed by atoms with E-state index in [9.17, 15) is 0 Å². The molecule has 8 heavy (non-hydrogen) atoms. The molecule has 1 rings (SSSR count). The number of rotatable bonds is 0. The Kier molecular flexibility index (Phi) is 2.25. The van der Waals surface area contributed by atoms with Gasteiger partial charge in [-0.1, -0.05) is 0 Å². The summed E-state index contributed by atoms with van der Waals surface area (Å²) in [6.45, 7) is 2.44. The molecule has 1 fully saturated rings.